The van der Waals surface area contributed by atoms with E-state index in [1.165, 1.54) is 17.3 Å². The van der Waals surface area contributed by atoms with Crippen LogP contribution in [0.5, 0.6) is 0 Å². The molecule has 1 unspecified atom stereocenters. The Bertz CT molecular complexity index is 1170. The van der Waals surface area contributed by atoms with Crippen LogP contribution < -0.4 is 5.32 Å². The van der Waals surface area contributed by atoms with E-state index >= 15 is 0 Å². The molecule has 6 nitrogen and oxygen atoms in total. The van der Waals surface area contributed by atoms with Crippen LogP contribution in [-0.4, -0.2) is 30.9 Å². The van der Waals surface area contributed by atoms with Crippen LogP contribution >= 0.6 is 11.8 Å². The Morgan fingerprint density at radius 1 is 0.906 bits per heavy atom. The number of pyridine rings is 1. The molecule has 4 aromatic rings. The lowest BCUT2D eigenvalue weighted by atomic mass is 10.0. The number of anilines is 1. The fourth-order valence-corrected chi connectivity index (χ4v) is 4.09. The van der Waals surface area contributed by atoms with Crippen molar-refractivity contribution in [1.82, 2.24) is 19.7 Å². The average Bonchev–Trinajstić information content (AvgIpc) is 3.24. The van der Waals surface area contributed by atoms with Crippen LogP contribution in [0.2, 0.25) is 0 Å². The molecule has 0 fully saturated rings. The largest absolute Gasteiger partial charge is 0.325 e. The molecule has 0 saturated heterocycles. The second kappa shape index (κ2) is 9.78. The molecule has 7 heteroatoms. The summed E-state index contributed by atoms with van der Waals surface area (Å²) in [6.45, 7) is 6.16. The van der Waals surface area contributed by atoms with Crippen molar-refractivity contribution >= 4 is 23.4 Å². The predicted molar refractivity (Wildman–Crippen MR) is 129 cm³/mol. The summed E-state index contributed by atoms with van der Waals surface area (Å²) >= 11 is 1.37. The van der Waals surface area contributed by atoms with Crippen molar-refractivity contribution in [3.05, 3.63) is 84.6 Å². The third-order valence-electron chi connectivity index (χ3n) is 5.04. The summed E-state index contributed by atoms with van der Waals surface area (Å²) in [6, 6.07) is 23.5. The number of rotatable bonds is 7. The maximum atomic E-state index is 12.9. The van der Waals surface area contributed by atoms with E-state index in [1.807, 2.05) is 84.3 Å². The molecular formula is C25H25N5OS. The number of nitrogens with one attached hydrogen (secondary N) is 1. The molecule has 0 radical (unpaired) electrons. The lowest BCUT2D eigenvalue weighted by molar-refractivity contribution is -0.115. The van der Waals surface area contributed by atoms with Gasteiger partial charge in [0, 0.05) is 17.6 Å². The smallest absolute Gasteiger partial charge is 0.237 e. The maximum absolute atomic E-state index is 12.9. The molecule has 0 aliphatic rings. The van der Waals surface area contributed by atoms with E-state index < -0.39 is 0 Å². The van der Waals surface area contributed by atoms with Crippen LogP contribution in [0.25, 0.3) is 17.2 Å². The summed E-state index contributed by atoms with van der Waals surface area (Å²) in [5.41, 5.74) is 3.66. The second-order valence-electron chi connectivity index (χ2n) is 7.72. The van der Waals surface area contributed by atoms with Crippen molar-refractivity contribution in [2.45, 2.75) is 37.1 Å². The quantitative estimate of drug-likeness (QED) is 0.378. The zero-order valence-electron chi connectivity index (χ0n) is 18.3. The molecular weight excluding hydrogens is 418 g/mol. The highest BCUT2D eigenvalue weighted by molar-refractivity contribution is 8.00. The Labute approximate surface area is 192 Å². The summed E-state index contributed by atoms with van der Waals surface area (Å²) in [7, 11) is 0. The van der Waals surface area contributed by atoms with Gasteiger partial charge in [0.15, 0.2) is 11.0 Å². The van der Waals surface area contributed by atoms with E-state index in [2.05, 4.69) is 34.3 Å². The van der Waals surface area contributed by atoms with Gasteiger partial charge in [-0.1, -0.05) is 62.0 Å². The minimum Gasteiger partial charge on any atom is -0.325 e. The highest BCUT2D eigenvalue weighted by Gasteiger charge is 2.22. The zero-order valence-corrected chi connectivity index (χ0v) is 19.1. The lowest BCUT2D eigenvalue weighted by Gasteiger charge is -2.14. The van der Waals surface area contributed by atoms with Crippen molar-refractivity contribution in [3.8, 4) is 17.2 Å². The number of hydrogen-bond acceptors (Lipinski definition) is 5. The van der Waals surface area contributed by atoms with Gasteiger partial charge in [0.25, 0.3) is 0 Å². The molecule has 2 aromatic heterocycles. The third-order valence-corrected chi connectivity index (χ3v) is 6.08. The molecule has 0 saturated carbocycles. The highest BCUT2D eigenvalue weighted by Crippen LogP contribution is 2.30. The Morgan fingerprint density at radius 2 is 1.62 bits per heavy atom. The van der Waals surface area contributed by atoms with Crippen molar-refractivity contribution in [1.29, 1.82) is 0 Å². The van der Waals surface area contributed by atoms with Crippen LogP contribution in [-0.2, 0) is 4.79 Å². The fourth-order valence-electron chi connectivity index (χ4n) is 3.22. The Kier molecular flexibility index (Phi) is 6.66. The first-order valence-electron chi connectivity index (χ1n) is 10.5. The molecule has 2 aromatic carbocycles. The number of benzene rings is 2. The number of thioether (sulfide) groups is 1. The molecule has 0 spiro atoms. The monoisotopic (exact) mass is 443 g/mol. The van der Waals surface area contributed by atoms with E-state index in [-0.39, 0.29) is 11.2 Å². The first-order chi connectivity index (χ1) is 15.5. The number of amides is 1. The van der Waals surface area contributed by atoms with E-state index in [4.69, 9.17) is 0 Å². The number of para-hydroxylation sites is 1. The van der Waals surface area contributed by atoms with Gasteiger partial charge in [0.1, 0.15) is 5.69 Å². The van der Waals surface area contributed by atoms with Gasteiger partial charge in [-0.25, -0.2) is 0 Å². The van der Waals surface area contributed by atoms with E-state index in [9.17, 15) is 4.79 Å². The number of carbonyl (C=O) groups excluding carboxylic acids is 1. The minimum atomic E-state index is -0.372. The zero-order chi connectivity index (χ0) is 22.5. The molecule has 1 amide bonds. The first-order valence-corrected chi connectivity index (χ1v) is 11.4. The summed E-state index contributed by atoms with van der Waals surface area (Å²) in [4.78, 5) is 17.3. The Balaban J connectivity index is 1.57. The molecule has 32 heavy (non-hydrogen) atoms. The molecule has 0 aliphatic heterocycles. The predicted octanol–water partition coefficient (Wildman–Crippen LogP) is 5.57. The molecule has 2 heterocycles. The van der Waals surface area contributed by atoms with Crippen LogP contribution in [0.15, 0.2) is 84.1 Å². The van der Waals surface area contributed by atoms with Crippen LogP contribution in [0, 0.1) is 0 Å². The summed E-state index contributed by atoms with van der Waals surface area (Å²) < 4.78 is 1.94. The second-order valence-corrected chi connectivity index (χ2v) is 9.03. The molecule has 0 aliphatic carbocycles. The Morgan fingerprint density at radius 3 is 2.28 bits per heavy atom. The average molecular weight is 444 g/mol. The molecule has 4 rings (SSSR count). The van der Waals surface area contributed by atoms with E-state index in [0.29, 0.717) is 16.9 Å². The third kappa shape index (κ3) is 4.89. The normalized spacial score (nSPS) is 12.0. The number of carbonyl (C=O) groups is 1. The van der Waals surface area contributed by atoms with Crippen LogP contribution in [0.4, 0.5) is 5.69 Å². The maximum Gasteiger partial charge on any atom is 0.237 e. The molecule has 1 N–H and O–H groups in total. The van der Waals surface area contributed by atoms with E-state index in [1.54, 1.807) is 6.20 Å². The summed E-state index contributed by atoms with van der Waals surface area (Å²) in [6.07, 6.45) is 1.73. The van der Waals surface area contributed by atoms with E-state index in [0.717, 1.165) is 17.1 Å². The van der Waals surface area contributed by atoms with Gasteiger partial charge in [-0.3, -0.25) is 14.3 Å². The van der Waals surface area contributed by atoms with Gasteiger partial charge in [-0.2, -0.15) is 0 Å². The minimum absolute atomic E-state index is 0.0886. The van der Waals surface area contributed by atoms with Gasteiger partial charge in [-0.05, 0) is 54.8 Å². The number of hydrogen-bond donors (Lipinski definition) is 1. The number of nitrogens with zero attached hydrogens (tertiary/aromatic N) is 4. The van der Waals surface area contributed by atoms with Gasteiger partial charge in [-0.15, -0.1) is 10.2 Å². The van der Waals surface area contributed by atoms with Crippen molar-refractivity contribution in [3.63, 3.8) is 0 Å². The SMILES string of the molecule is CC(Sc1nnc(-c2ccccn2)n1-c1ccccc1)C(=O)Nc1ccc(C(C)C)cc1. The Hall–Kier alpha value is -3.45. The molecule has 162 valence electrons. The first kappa shape index (κ1) is 21.8. The summed E-state index contributed by atoms with van der Waals surface area (Å²) in [5.74, 6) is 0.998. The van der Waals surface area contributed by atoms with Crippen LogP contribution in [0.1, 0.15) is 32.3 Å². The molecule has 1 atom stereocenters. The van der Waals surface area contributed by atoms with Gasteiger partial charge in [0.2, 0.25) is 5.91 Å². The van der Waals surface area contributed by atoms with Gasteiger partial charge >= 0.3 is 0 Å². The lowest BCUT2D eigenvalue weighted by Crippen LogP contribution is -2.22. The van der Waals surface area contributed by atoms with Gasteiger partial charge in [0.05, 0.1) is 5.25 Å². The summed E-state index contributed by atoms with van der Waals surface area (Å²) in [5, 5.41) is 12.0. The topological polar surface area (TPSA) is 72.7 Å². The van der Waals surface area contributed by atoms with Crippen molar-refractivity contribution in [2.75, 3.05) is 5.32 Å². The molecule has 0 bridgehead atoms. The standard InChI is InChI=1S/C25H25N5OS/c1-17(2)19-12-14-20(15-13-19)27-24(31)18(3)32-25-29-28-23(22-11-7-8-16-26-22)30(25)21-9-5-4-6-10-21/h4-18H,1-3H3,(H,27,31). The van der Waals surface area contributed by atoms with Crippen molar-refractivity contribution in [2.24, 2.45) is 0 Å². The van der Waals surface area contributed by atoms with Crippen LogP contribution in [0.3, 0.4) is 0 Å². The van der Waals surface area contributed by atoms with Crippen molar-refractivity contribution < 1.29 is 4.79 Å². The fraction of sp³-hybridized carbons (Fsp3) is 0.200. The number of aromatic nitrogens is 4. The van der Waals surface area contributed by atoms with Gasteiger partial charge < -0.3 is 5.32 Å². The highest BCUT2D eigenvalue weighted by atomic mass is 32.2.